The predicted octanol–water partition coefficient (Wildman–Crippen LogP) is 1.63. The first-order chi connectivity index (χ1) is 7.93. The highest BCUT2D eigenvalue weighted by Crippen LogP contribution is 2.05. The van der Waals surface area contributed by atoms with Crippen LogP contribution in [0.2, 0.25) is 0 Å². The lowest BCUT2D eigenvalue weighted by Crippen LogP contribution is -2.49. The van der Waals surface area contributed by atoms with Crippen molar-refractivity contribution in [1.82, 2.24) is 10.2 Å². The van der Waals surface area contributed by atoms with Crippen molar-refractivity contribution in [3.05, 3.63) is 0 Å². The molecule has 6 heteroatoms. The van der Waals surface area contributed by atoms with Crippen molar-refractivity contribution >= 4 is 23.8 Å². The van der Waals surface area contributed by atoms with Gasteiger partial charge in [-0.2, -0.15) is 11.8 Å². The van der Waals surface area contributed by atoms with E-state index in [0.29, 0.717) is 6.42 Å². The van der Waals surface area contributed by atoms with Gasteiger partial charge >= 0.3 is 12.0 Å². The Morgan fingerprint density at radius 3 is 2.47 bits per heavy atom. The van der Waals surface area contributed by atoms with Gasteiger partial charge in [0.05, 0.1) is 0 Å². The van der Waals surface area contributed by atoms with Crippen LogP contribution in [0.15, 0.2) is 0 Å². The number of rotatable bonds is 7. The van der Waals surface area contributed by atoms with Gasteiger partial charge in [0.2, 0.25) is 0 Å². The molecule has 0 aliphatic heterocycles. The fourth-order valence-electron chi connectivity index (χ4n) is 1.35. The Morgan fingerprint density at radius 1 is 1.47 bits per heavy atom. The summed E-state index contributed by atoms with van der Waals surface area (Å²) >= 11 is 1.65. The monoisotopic (exact) mass is 262 g/mol. The number of carbonyl (C=O) groups excluding carboxylic acids is 1. The van der Waals surface area contributed by atoms with E-state index in [1.54, 1.807) is 23.7 Å². The summed E-state index contributed by atoms with van der Waals surface area (Å²) in [6.45, 7) is 3.83. The third-order valence-electron chi connectivity index (χ3n) is 2.56. The second-order valence-electron chi connectivity index (χ2n) is 4.04. The molecule has 0 aliphatic rings. The number of carboxylic acids is 1. The maximum absolute atomic E-state index is 11.8. The highest BCUT2D eigenvalue weighted by molar-refractivity contribution is 7.98. The van der Waals surface area contributed by atoms with E-state index >= 15 is 0 Å². The molecule has 0 saturated heterocycles. The van der Waals surface area contributed by atoms with E-state index < -0.39 is 12.0 Å². The average Bonchev–Trinajstić information content (AvgIpc) is 2.27. The Hall–Kier alpha value is -0.910. The average molecular weight is 262 g/mol. The van der Waals surface area contributed by atoms with Gasteiger partial charge in [-0.05, 0) is 19.6 Å². The summed E-state index contributed by atoms with van der Waals surface area (Å²) < 4.78 is 0. The summed E-state index contributed by atoms with van der Waals surface area (Å²) in [4.78, 5) is 24.2. The molecule has 0 aromatic rings. The molecule has 100 valence electrons. The van der Waals surface area contributed by atoms with Gasteiger partial charge in [-0.15, -0.1) is 0 Å². The lowest BCUT2D eigenvalue weighted by molar-refractivity contribution is -0.139. The molecule has 0 rings (SSSR count). The Balaban J connectivity index is 4.34. The lowest BCUT2D eigenvalue weighted by atomic mass is 10.2. The molecule has 0 heterocycles. The van der Waals surface area contributed by atoms with E-state index in [2.05, 4.69) is 5.32 Å². The molecule has 5 nitrogen and oxygen atoms in total. The van der Waals surface area contributed by atoms with Crippen molar-refractivity contribution in [2.75, 3.05) is 19.1 Å². The number of nitrogens with zero attached hydrogens (tertiary/aromatic N) is 1. The minimum atomic E-state index is -0.980. The molecule has 1 unspecified atom stereocenters. The second kappa shape index (κ2) is 8.22. The first-order valence-electron chi connectivity index (χ1n) is 5.69. The number of hydrogen-bond donors (Lipinski definition) is 2. The van der Waals surface area contributed by atoms with E-state index in [1.807, 2.05) is 20.1 Å². The first-order valence-corrected chi connectivity index (χ1v) is 7.08. The summed E-state index contributed by atoms with van der Waals surface area (Å²) in [5.41, 5.74) is 0. The number of amides is 2. The van der Waals surface area contributed by atoms with E-state index in [1.165, 1.54) is 0 Å². The van der Waals surface area contributed by atoms with Crippen molar-refractivity contribution in [2.45, 2.75) is 38.8 Å². The molecule has 0 bridgehead atoms. The van der Waals surface area contributed by atoms with Gasteiger partial charge in [0.1, 0.15) is 6.04 Å². The maximum Gasteiger partial charge on any atom is 0.326 e. The molecule has 2 amide bonds. The van der Waals surface area contributed by atoms with Crippen molar-refractivity contribution < 1.29 is 14.7 Å². The Bertz CT molecular complexity index is 261. The zero-order chi connectivity index (χ0) is 13.4. The van der Waals surface area contributed by atoms with Crippen LogP contribution >= 0.6 is 11.8 Å². The number of aliphatic carboxylic acids is 1. The molecule has 0 aromatic heterocycles. The number of carbonyl (C=O) groups is 2. The smallest absolute Gasteiger partial charge is 0.326 e. The van der Waals surface area contributed by atoms with Crippen LogP contribution in [-0.2, 0) is 4.79 Å². The molecule has 17 heavy (non-hydrogen) atoms. The molecular weight excluding hydrogens is 240 g/mol. The quantitative estimate of drug-likeness (QED) is 0.731. The third kappa shape index (κ3) is 5.81. The molecule has 2 atom stereocenters. The Kier molecular flexibility index (Phi) is 7.78. The second-order valence-corrected chi connectivity index (χ2v) is 4.95. The largest absolute Gasteiger partial charge is 0.480 e. The zero-order valence-corrected chi connectivity index (χ0v) is 11.7. The highest BCUT2D eigenvalue weighted by atomic mass is 32.2. The van der Waals surface area contributed by atoms with E-state index in [-0.39, 0.29) is 12.1 Å². The topological polar surface area (TPSA) is 69.6 Å². The minimum Gasteiger partial charge on any atom is -0.480 e. The van der Waals surface area contributed by atoms with Crippen molar-refractivity contribution in [3.8, 4) is 0 Å². The van der Waals surface area contributed by atoms with Crippen LogP contribution in [-0.4, -0.2) is 53.1 Å². The number of carboxylic acid groups (broad SMARTS) is 1. The Morgan fingerprint density at radius 2 is 2.06 bits per heavy atom. The number of hydrogen-bond acceptors (Lipinski definition) is 3. The predicted molar refractivity (Wildman–Crippen MR) is 70.5 cm³/mol. The van der Waals surface area contributed by atoms with Gasteiger partial charge < -0.3 is 15.3 Å². The SMILES string of the molecule is CCC[C@@H](NC(=O)N(C)C(C)CSC)C(=O)O. The zero-order valence-electron chi connectivity index (χ0n) is 10.9. The summed E-state index contributed by atoms with van der Waals surface area (Å²) in [6.07, 6.45) is 3.15. The van der Waals surface area contributed by atoms with Gasteiger partial charge in [-0.3, -0.25) is 0 Å². The van der Waals surface area contributed by atoms with Crippen LogP contribution in [0, 0.1) is 0 Å². The lowest BCUT2D eigenvalue weighted by Gasteiger charge is -2.26. The van der Waals surface area contributed by atoms with Gasteiger partial charge in [0.25, 0.3) is 0 Å². The highest BCUT2D eigenvalue weighted by Gasteiger charge is 2.22. The molecule has 0 radical (unpaired) electrons. The van der Waals surface area contributed by atoms with E-state index in [9.17, 15) is 9.59 Å². The van der Waals surface area contributed by atoms with Crippen LogP contribution in [0.4, 0.5) is 4.79 Å². The molecule has 2 N–H and O–H groups in total. The molecule has 0 fully saturated rings. The van der Waals surface area contributed by atoms with Crippen LogP contribution in [0.25, 0.3) is 0 Å². The van der Waals surface area contributed by atoms with Crippen LogP contribution < -0.4 is 5.32 Å². The van der Waals surface area contributed by atoms with Crippen LogP contribution in [0.5, 0.6) is 0 Å². The van der Waals surface area contributed by atoms with Gasteiger partial charge in [-0.25, -0.2) is 9.59 Å². The molecule has 0 aromatic carbocycles. The van der Waals surface area contributed by atoms with Gasteiger partial charge in [0.15, 0.2) is 0 Å². The Labute approximate surface area is 107 Å². The number of urea groups is 1. The van der Waals surface area contributed by atoms with Crippen LogP contribution in [0.1, 0.15) is 26.7 Å². The normalized spacial score (nSPS) is 13.9. The first kappa shape index (κ1) is 16.1. The fourth-order valence-corrected chi connectivity index (χ4v) is 2.06. The molecule has 0 aliphatic carbocycles. The molecule has 0 spiro atoms. The maximum atomic E-state index is 11.8. The van der Waals surface area contributed by atoms with Gasteiger partial charge in [-0.1, -0.05) is 13.3 Å². The molecule has 0 saturated carbocycles. The summed E-state index contributed by atoms with van der Waals surface area (Å²) in [7, 11) is 1.68. The van der Waals surface area contributed by atoms with Crippen molar-refractivity contribution in [2.24, 2.45) is 0 Å². The fraction of sp³-hybridized carbons (Fsp3) is 0.818. The third-order valence-corrected chi connectivity index (χ3v) is 3.38. The number of nitrogens with one attached hydrogen (secondary N) is 1. The van der Waals surface area contributed by atoms with E-state index in [4.69, 9.17) is 5.11 Å². The van der Waals surface area contributed by atoms with Crippen molar-refractivity contribution in [1.29, 1.82) is 0 Å². The van der Waals surface area contributed by atoms with Gasteiger partial charge in [0, 0.05) is 18.8 Å². The minimum absolute atomic E-state index is 0.0843. The van der Waals surface area contributed by atoms with E-state index in [0.717, 1.165) is 12.2 Å². The van der Waals surface area contributed by atoms with Crippen LogP contribution in [0.3, 0.4) is 0 Å². The standard InChI is InChI=1S/C11H22N2O3S/c1-5-6-9(10(14)15)12-11(16)13(3)8(2)7-17-4/h8-9H,5-7H2,1-4H3,(H,12,16)(H,14,15)/t8?,9-/m1/s1. The number of thioether (sulfide) groups is 1. The summed E-state index contributed by atoms with van der Waals surface area (Å²) in [6, 6.07) is -1.04. The molecular formula is C11H22N2O3S. The summed E-state index contributed by atoms with van der Waals surface area (Å²) in [5.74, 6) is -0.152. The van der Waals surface area contributed by atoms with Crippen molar-refractivity contribution in [3.63, 3.8) is 0 Å². The summed E-state index contributed by atoms with van der Waals surface area (Å²) in [5, 5.41) is 11.5.